The second-order valence-corrected chi connectivity index (χ2v) is 5.57. The molecule has 0 bridgehead atoms. The van der Waals surface area contributed by atoms with Gasteiger partial charge in [-0.3, -0.25) is 4.79 Å². The van der Waals surface area contributed by atoms with Crippen LogP contribution in [0.1, 0.15) is 52.4 Å². The molecule has 0 aromatic carbocycles. The lowest BCUT2D eigenvalue weighted by Crippen LogP contribution is -2.43. The van der Waals surface area contributed by atoms with Gasteiger partial charge in [-0.15, -0.1) is 0 Å². The monoisotopic (exact) mass is 254 g/mol. The lowest BCUT2D eigenvalue weighted by molar-refractivity contribution is -0.137. The fraction of sp³-hybridized carbons (Fsp3) is 0.933. The summed E-state index contributed by atoms with van der Waals surface area (Å²) < 4.78 is 0. The molecule has 1 saturated heterocycles. The summed E-state index contributed by atoms with van der Waals surface area (Å²) in [5, 5.41) is 3.24. The van der Waals surface area contributed by atoms with Gasteiger partial charge in [-0.1, -0.05) is 26.7 Å². The molecule has 1 rings (SSSR count). The number of rotatable bonds is 7. The average Bonchev–Trinajstić information content (AvgIpc) is 2.40. The number of nitrogens with zero attached hydrogens (tertiary/aromatic N) is 1. The van der Waals surface area contributed by atoms with Crippen LogP contribution in [0.4, 0.5) is 0 Å². The molecule has 1 amide bonds. The van der Waals surface area contributed by atoms with E-state index in [1.165, 1.54) is 12.8 Å². The first-order chi connectivity index (χ1) is 8.72. The van der Waals surface area contributed by atoms with Crippen molar-refractivity contribution in [1.29, 1.82) is 0 Å². The lowest BCUT2D eigenvalue weighted by atomic mass is 9.93. The fourth-order valence-electron chi connectivity index (χ4n) is 2.86. The maximum absolute atomic E-state index is 12.4. The normalized spacial score (nSPS) is 18.9. The van der Waals surface area contributed by atoms with Gasteiger partial charge in [0.05, 0.1) is 0 Å². The predicted molar refractivity (Wildman–Crippen MR) is 76.5 cm³/mol. The van der Waals surface area contributed by atoms with E-state index in [2.05, 4.69) is 24.1 Å². The molecule has 1 aliphatic rings. The third-order valence-corrected chi connectivity index (χ3v) is 4.17. The van der Waals surface area contributed by atoms with E-state index in [9.17, 15) is 4.79 Å². The van der Waals surface area contributed by atoms with E-state index in [-0.39, 0.29) is 5.92 Å². The second-order valence-electron chi connectivity index (χ2n) is 5.57. The molecule has 0 saturated carbocycles. The molecule has 3 heteroatoms. The smallest absolute Gasteiger partial charge is 0.225 e. The number of hydrogen-bond acceptors (Lipinski definition) is 2. The maximum Gasteiger partial charge on any atom is 0.225 e. The van der Waals surface area contributed by atoms with E-state index in [0.29, 0.717) is 5.91 Å². The zero-order valence-corrected chi connectivity index (χ0v) is 12.4. The fourth-order valence-corrected chi connectivity index (χ4v) is 2.86. The summed E-state index contributed by atoms with van der Waals surface area (Å²) in [7, 11) is 2.01. The molecule has 0 radical (unpaired) electrons. The van der Waals surface area contributed by atoms with Crippen molar-refractivity contribution in [3.63, 3.8) is 0 Å². The molecule has 1 atom stereocenters. The van der Waals surface area contributed by atoms with Crippen LogP contribution in [0.3, 0.4) is 0 Å². The highest BCUT2D eigenvalue weighted by Gasteiger charge is 2.26. The predicted octanol–water partition coefficient (Wildman–Crippen LogP) is 2.66. The van der Waals surface area contributed by atoms with Crippen molar-refractivity contribution in [3.05, 3.63) is 0 Å². The van der Waals surface area contributed by atoms with E-state index in [0.717, 1.165) is 51.2 Å². The number of carbonyl (C=O) groups is 1. The minimum atomic E-state index is 0.269. The molecule has 0 spiro atoms. The van der Waals surface area contributed by atoms with Crippen molar-refractivity contribution in [2.75, 3.05) is 26.7 Å². The summed E-state index contributed by atoms with van der Waals surface area (Å²) in [4.78, 5) is 14.5. The minimum absolute atomic E-state index is 0.269. The molecule has 1 aliphatic heterocycles. The quantitative estimate of drug-likeness (QED) is 0.757. The minimum Gasteiger partial charge on any atom is -0.342 e. The SMILES string of the molecule is CCCCC(CC)C(=O)N1CCC(CNC)CC1. The Labute approximate surface area is 112 Å². The summed E-state index contributed by atoms with van der Waals surface area (Å²) in [5.74, 6) is 1.44. The van der Waals surface area contributed by atoms with Crippen molar-refractivity contribution in [2.24, 2.45) is 11.8 Å². The molecule has 1 heterocycles. The van der Waals surface area contributed by atoms with Crippen molar-refractivity contribution in [1.82, 2.24) is 10.2 Å². The van der Waals surface area contributed by atoms with Crippen molar-refractivity contribution >= 4 is 5.91 Å². The van der Waals surface area contributed by atoms with E-state index in [1.54, 1.807) is 0 Å². The highest BCUT2D eigenvalue weighted by molar-refractivity contribution is 5.78. The highest BCUT2D eigenvalue weighted by atomic mass is 16.2. The summed E-state index contributed by atoms with van der Waals surface area (Å²) in [6.45, 7) is 7.36. The number of likely N-dealkylation sites (tertiary alicyclic amines) is 1. The van der Waals surface area contributed by atoms with Gasteiger partial charge in [-0.25, -0.2) is 0 Å². The Balaban J connectivity index is 2.37. The first-order valence-corrected chi connectivity index (χ1v) is 7.66. The Morgan fingerprint density at radius 1 is 1.33 bits per heavy atom. The van der Waals surface area contributed by atoms with Gasteiger partial charge >= 0.3 is 0 Å². The number of amides is 1. The van der Waals surface area contributed by atoms with Crippen LogP contribution >= 0.6 is 0 Å². The largest absolute Gasteiger partial charge is 0.342 e. The number of piperidine rings is 1. The third kappa shape index (κ3) is 4.60. The summed E-state index contributed by atoms with van der Waals surface area (Å²) in [5.41, 5.74) is 0. The molecule has 0 aliphatic carbocycles. The van der Waals surface area contributed by atoms with Gasteiger partial charge in [0, 0.05) is 19.0 Å². The van der Waals surface area contributed by atoms with Crippen LogP contribution in [0, 0.1) is 11.8 Å². The van der Waals surface area contributed by atoms with Crippen LogP contribution < -0.4 is 5.32 Å². The Morgan fingerprint density at radius 2 is 2.00 bits per heavy atom. The van der Waals surface area contributed by atoms with Crippen LogP contribution in [0.2, 0.25) is 0 Å². The molecule has 1 N–H and O–H groups in total. The van der Waals surface area contributed by atoms with Gasteiger partial charge in [-0.2, -0.15) is 0 Å². The van der Waals surface area contributed by atoms with Gasteiger partial charge in [0.25, 0.3) is 0 Å². The van der Waals surface area contributed by atoms with Gasteiger partial charge < -0.3 is 10.2 Å². The van der Waals surface area contributed by atoms with Gasteiger partial charge in [0.1, 0.15) is 0 Å². The van der Waals surface area contributed by atoms with Gasteiger partial charge in [-0.05, 0) is 45.2 Å². The van der Waals surface area contributed by atoms with Crippen LogP contribution in [0.15, 0.2) is 0 Å². The first kappa shape index (κ1) is 15.5. The molecular formula is C15H30N2O. The van der Waals surface area contributed by atoms with Crippen molar-refractivity contribution in [2.45, 2.75) is 52.4 Å². The van der Waals surface area contributed by atoms with Gasteiger partial charge in [0.15, 0.2) is 0 Å². The molecular weight excluding hydrogens is 224 g/mol. The van der Waals surface area contributed by atoms with Crippen LogP contribution in [0.25, 0.3) is 0 Å². The van der Waals surface area contributed by atoms with E-state index < -0.39 is 0 Å². The number of unbranched alkanes of at least 4 members (excludes halogenated alkanes) is 1. The third-order valence-electron chi connectivity index (χ3n) is 4.17. The standard InChI is InChI=1S/C15H30N2O/c1-4-6-7-14(5-2)15(18)17-10-8-13(9-11-17)12-16-3/h13-14,16H,4-12H2,1-3H3. The Kier molecular flexibility index (Phi) is 7.33. The Morgan fingerprint density at radius 3 is 2.50 bits per heavy atom. The Hall–Kier alpha value is -0.570. The lowest BCUT2D eigenvalue weighted by Gasteiger charge is -2.34. The van der Waals surface area contributed by atoms with E-state index >= 15 is 0 Å². The molecule has 106 valence electrons. The molecule has 0 aromatic rings. The van der Waals surface area contributed by atoms with E-state index in [1.807, 2.05) is 7.05 Å². The van der Waals surface area contributed by atoms with E-state index in [4.69, 9.17) is 0 Å². The summed E-state index contributed by atoms with van der Waals surface area (Å²) in [6, 6.07) is 0. The molecule has 1 fully saturated rings. The molecule has 0 aromatic heterocycles. The number of nitrogens with one attached hydrogen (secondary N) is 1. The Bertz CT molecular complexity index is 235. The van der Waals surface area contributed by atoms with Crippen LogP contribution in [-0.4, -0.2) is 37.5 Å². The van der Waals surface area contributed by atoms with Crippen molar-refractivity contribution in [3.8, 4) is 0 Å². The van der Waals surface area contributed by atoms with Crippen LogP contribution in [0.5, 0.6) is 0 Å². The average molecular weight is 254 g/mol. The highest BCUT2D eigenvalue weighted by Crippen LogP contribution is 2.21. The molecule has 1 unspecified atom stereocenters. The number of carbonyl (C=O) groups excluding carboxylic acids is 1. The summed E-state index contributed by atoms with van der Waals surface area (Å²) in [6.07, 6.45) is 6.76. The van der Waals surface area contributed by atoms with Gasteiger partial charge in [0.2, 0.25) is 5.91 Å². The topological polar surface area (TPSA) is 32.3 Å². The maximum atomic E-state index is 12.4. The summed E-state index contributed by atoms with van der Waals surface area (Å²) >= 11 is 0. The first-order valence-electron chi connectivity index (χ1n) is 7.66. The molecule has 18 heavy (non-hydrogen) atoms. The second kappa shape index (κ2) is 8.52. The zero-order chi connectivity index (χ0) is 13.4. The van der Waals surface area contributed by atoms with Crippen LogP contribution in [-0.2, 0) is 4.79 Å². The number of hydrogen-bond donors (Lipinski definition) is 1. The van der Waals surface area contributed by atoms with Crippen molar-refractivity contribution < 1.29 is 4.79 Å². The zero-order valence-electron chi connectivity index (χ0n) is 12.4. The molecule has 3 nitrogen and oxygen atoms in total.